The number of carbonyl (C=O) groups excluding carboxylic acids is 2. The number of halogens is 1. The van der Waals surface area contributed by atoms with Gasteiger partial charge < -0.3 is 20.5 Å². The summed E-state index contributed by atoms with van der Waals surface area (Å²) in [7, 11) is 1.42. The molecule has 0 atom stereocenters. The highest BCUT2D eigenvalue weighted by Gasteiger charge is 2.31. The van der Waals surface area contributed by atoms with Gasteiger partial charge in [0.2, 0.25) is 0 Å². The van der Waals surface area contributed by atoms with Crippen LogP contribution in [0, 0.1) is 0 Å². The molecule has 0 aromatic heterocycles. The summed E-state index contributed by atoms with van der Waals surface area (Å²) in [4.78, 5) is 24.3. The lowest BCUT2D eigenvalue weighted by Gasteiger charge is -2.32. The molecule has 0 aliphatic rings. The number of nitrogens with one attached hydrogen (secondary N) is 1. The second-order valence-electron chi connectivity index (χ2n) is 7.06. The standard InChI is InChI=1S/C24H23ClN2O4/c1-24(17-9-5-3-6-10-17,18-11-7-4-8-12-18)27-23(29)16-13-19(25)22(20(14-16)30-2)31-15-21(26)28/h3-14H,15H2,1-2H3,(H2,26,28)(H,27,29). The van der Waals surface area contributed by atoms with Crippen molar-refractivity contribution in [1.29, 1.82) is 0 Å². The van der Waals surface area contributed by atoms with E-state index in [0.717, 1.165) is 11.1 Å². The van der Waals surface area contributed by atoms with E-state index in [-0.39, 0.29) is 34.6 Å². The number of hydrogen-bond donors (Lipinski definition) is 2. The van der Waals surface area contributed by atoms with E-state index in [2.05, 4.69) is 5.32 Å². The zero-order valence-electron chi connectivity index (χ0n) is 17.2. The molecule has 0 aliphatic heterocycles. The summed E-state index contributed by atoms with van der Waals surface area (Å²) in [6.07, 6.45) is 0. The lowest BCUT2D eigenvalue weighted by Crippen LogP contribution is -2.44. The number of primary amides is 1. The molecule has 0 saturated heterocycles. The average Bonchev–Trinajstić information content (AvgIpc) is 2.78. The molecule has 3 N–H and O–H groups in total. The molecule has 7 heteroatoms. The SMILES string of the molecule is COc1cc(C(=O)NC(C)(c2ccccc2)c2ccccc2)cc(Cl)c1OCC(N)=O. The van der Waals surface area contributed by atoms with Crippen LogP contribution in [0.15, 0.2) is 72.8 Å². The van der Waals surface area contributed by atoms with Gasteiger partial charge in [-0.15, -0.1) is 0 Å². The smallest absolute Gasteiger partial charge is 0.255 e. The molecule has 0 aliphatic carbocycles. The number of ether oxygens (including phenoxy) is 2. The number of benzene rings is 3. The first-order valence-electron chi connectivity index (χ1n) is 9.57. The van der Waals surface area contributed by atoms with Crippen LogP contribution in [0.5, 0.6) is 11.5 Å². The summed E-state index contributed by atoms with van der Waals surface area (Å²) >= 11 is 6.31. The Kier molecular flexibility index (Phi) is 6.82. The third-order valence-corrected chi connectivity index (χ3v) is 5.20. The van der Waals surface area contributed by atoms with Crippen LogP contribution < -0.4 is 20.5 Å². The van der Waals surface area contributed by atoms with Crippen LogP contribution in [0.4, 0.5) is 0 Å². The van der Waals surface area contributed by atoms with Crippen molar-refractivity contribution < 1.29 is 19.1 Å². The predicted octanol–water partition coefficient (Wildman–Crippen LogP) is 3.91. The molecule has 0 saturated carbocycles. The fourth-order valence-corrected chi connectivity index (χ4v) is 3.55. The molecule has 0 bridgehead atoms. The maximum atomic E-state index is 13.3. The Balaban J connectivity index is 1.97. The third kappa shape index (κ3) is 4.98. The molecule has 0 spiro atoms. The Morgan fingerprint density at radius 2 is 1.55 bits per heavy atom. The first-order chi connectivity index (χ1) is 14.8. The van der Waals surface area contributed by atoms with E-state index >= 15 is 0 Å². The van der Waals surface area contributed by atoms with E-state index in [1.165, 1.54) is 19.2 Å². The van der Waals surface area contributed by atoms with E-state index in [1.54, 1.807) is 0 Å². The molecule has 0 heterocycles. The van der Waals surface area contributed by atoms with E-state index in [4.69, 9.17) is 26.8 Å². The molecule has 0 fully saturated rings. The minimum atomic E-state index is -0.791. The molecule has 0 unspecified atom stereocenters. The van der Waals surface area contributed by atoms with Crippen molar-refractivity contribution in [2.24, 2.45) is 5.73 Å². The Bertz CT molecular complexity index is 1030. The van der Waals surface area contributed by atoms with Crippen LogP contribution in [0.25, 0.3) is 0 Å². The van der Waals surface area contributed by atoms with Gasteiger partial charge in [-0.25, -0.2) is 0 Å². The van der Waals surface area contributed by atoms with Gasteiger partial charge in [-0.3, -0.25) is 9.59 Å². The summed E-state index contributed by atoms with van der Waals surface area (Å²) in [5.41, 5.74) is 6.47. The number of nitrogens with two attached hydrogens (primary N) is 1. The van der Waals surface area contributed by atoms with Crippen molar-refractivity contribution in [3.63, 3.8) is 0 Å². The van der Waals surface area contributed by atoms with Crippen molar-refractivity contribution >= 4 is 23.4 Å². The highest BCUT2D eigenvalue weighted by Crippen LogP contribution is 2.37. The maximum Gasteiger partial charge on any atom is 0.255 e. The van der Waals surface area contributed by atoms with Gasteiger partial charge in [-0.1, -0.05) is 72.3 Å². The Morgan fingerprint density at radius 1 is 1.00 bits per heavy atom. The van der Waals surface area contributed by atoms with E-state index in [0.29, 0.717) is 0 Å². The van der Waals surface area contributed by atoms with Crippen LogP contribution in [-0.2, 0) is 10.3 Å². The van der Waals surface area contributed by atoms with Crippen LogP contribution in [0.2, 0.25) is 5.02 Å². The first-order valence-corrected chi connectivity index (χ1v) is 9.95. The molecule has 6 nitrogen and oxygen atoms in total. The zero-order chi connectivity index (χ0) is 22.4. The summed E-state index contributed by atoms with van der Waals surface area (Å²) in [5, 5.41) is 3.25. The molecule has 2 amide bonds. The molecule has 3 rings (SSSR count). The summed E-state index contributed by atoms with van der Waals surface area (Å²) in [6.45, 7) is 1.58. The van der Waals surface area contributed by atoms with Gasteiger partial charge in [0.1, 0.15) is 0 Å². The van der Waals surface area contributed by atoms with Gasteiger partial charge in [0.25, 0.3) is 11.8 Å². The van der Waals surface area contributed by atoms with Crippen LogP contribution in [0.1, 0.15) is 28.4 Å². The van der Waals surface area contributed by atoms with Gasteiger partial charge in [0, 0.05) is 5.56 Å². The number of amides is 2. The second kappa shape index (κ2) is 9.53. The molecule has 3 aromatic carbocycles. The number of hydrogen-bond acceptors (Lipinski definition) is 4. The summed E-state index contributed by atoms with van der Waals surface area (Å²) in [5.74, 6) is -0.633. The second-order valence-corrected chi connectivity index (χ2v) is 7.46. The van der Waals surface area contributed by atoms with Crippen molar-refractivity contribution in [2.75, 3.05) is 13.7 Å². The predicted molar refractivity (Wildman–Crippen MR) is 119 cm³/mol. The van der Waals surface area contributed by atoms with Crippen molar-refractivity contribution in [1.82, 2.24) is 5.32 Å². The van der Waals surface area contributed by atoms with Gasteiger partial charge in [0.05, 0.1) is 17.7 Å². The topological polar surface area (TPSA) is 90.7 Å². The van der Waals surface area contributed by atoms with Crippen LogP contribution >= 0.6 is 11.6 Å². The molecule has 160 valence electrons. The highest BCUT2D eigenvalue weighted by atomic mass is 35.5. The first kappa shape index (κ1) is 22.2. The minimum absolute atomic E-state index is 0.131. The van der Waals surface area contributed by atoms with E-state index < -0.39 is 11.4 Å². The molecular formula is C24H23ClN2O4. The van der Waals surface area contributed by atoms with E-state index in [1.807, 2.05) is 67.6 Å². The number of rotatable bonds is 8. The Labute approximate surface area is 185 Å². The lowest BCUT2D eigenvalue weighted by atomic mass is 9.84. The van der Waals surface area contributed by atoms with Crippen molar-refractivity contribution in [3.8, 4) is 11.5 Å². The molecule has 3 aromatic rings. The third-order valence-electron chi connectivity index (χ3n) is 4.92. The molecule has 31 heavy (non-hydrogen) atoms. The average molecular weight is 439 g/mol. The monoisotopic (exact) mass is 438 g/mol. The lowest BCUT2D eigenvalue weighted by molar-refractivity contribution is -0.119. The van der Waals surface area contributed by atoms with Crippen molar-refractivity contribution in [2.45, 2.75) is 12.5 Å². The quantitative estimate of drug-likeness (QED) is 0.558. The largest absolute Gasteiger partial charge is 0.493 e. The summed E-state index contributed by atoms with van der Waals surface area (Å²) < 4.78 is 10.6. The van der Waals surface area contributed by atoms with Gasteiger partial charge in [-0.05, 0) is 30.2 Å². The molecular weight excluding hydrogens is 416 g/mol. The zero-order valence-corrected chi connectivity index (χ0v) is 18.0. The number of carbonyl (C=O) groups is 2. The summed E-state index contributed by atoms with van der Waals surface area (Å²) in [6, 6.07) is 22.4. The van der Waals surface area contributed by atoms with Crippen molar-refractivity contribution in [3.05, 3.63) is 94.5 Å². The molecule has 0 radical (unpaired) electrons. The van der Waals surface area contributed by atoms with E-state index in [9.17, 15) is 9.59 Å². The van der Waals surface area contributed by atoms with Gasteiger partial charge in [0.15, 0.2) is 18.1 Å². The Hall–Kier alpha value is -3.51. The minimum Gasteiger partial charge on any atom is -0.493 e. The normalized spacial score (nSPS) is 10.9. The fraction of sp³-hybridized carbons (Fsp3) is 0.167. The number of methoxy groups -OCH3 is 1. The highest BCUT2D eigenvalue weighted by molar-refractivity contribution is 6.32. The van der Waals surface area contributed by atoms with Gasteiger partial charge in [-0.2, -0.15) is 0 Å². The fourth-order valence-electron chi connectivity index (χ4n) is 3.29. The van der Waals surface area contributed by atoms with Crippen LogP contribution in [0.3, 0.4) is 0 Å². The maximum absolute atomic E-state index is 13.3. The van der Waals surface area contributed by atoms with Gasteiger partial charge >= 0.3 is 0 Å². The Morgan fingerprint density at radius 3 is 2.03 bits per heavy atom. The van der Waals surface area contributed by atoms with Crippen LogP contribution in [-0.4, -0.2) is 25.5 Å².